The molecule has 0 unspecified atom stereocenters. The maximum absolute atomic E-state index is 8.56. The van der Waals surface area contributed by atoms with Gasteiger partial charge in [-0.25, -0.2) is 0 Å². The smallest absolute Gasteiger partial charge is 0.0648 e. The number of ether oxygens (including phenoxy) is 1. The Bertz CT molecular complexity index is 214. The second-order valence-electron chi connectivity index (χ2n) is 6.33. The van der Waals surface area contributed by atoms with Gasteiger partial charge in [0, 0.05) is 6.61 Å². The third-order valence-corrected chi connectivity index (χ3v) is 4.13. The topological polar surface area (TPSA) is 29.5 Å². The molecule has 0 heterocycles. The van der Waals surface area contributed by atoms with Gasteiger partial charge in [-0.3, -0.25) is 0 Å². The Hall–Kier alpha value is -0.340. The van der Waals surface area contributed by atoms with Gasteiger partial charge in [0.05, 0.1) is 13.2 Å². The molecule has 0 aromatic heterocycles. The van der Waals surface area contributed by atoms with Crippen LogP contribution < -0.4 is 0 Å². The molecule has 2 nitrogen and oxygen atoms in total. The summed E-state index contributed by atoms with van der Waals surface area (Å²) < 4.78 is 5.44. The van der Waals surface area contributed by atoms with Crippen molar-refractivity contribution in [2.75, 3.05) is 19.8 Å². The molecule has 2 heteroatoms. The van der Waals surface area contributed by atoms with Crippen molar-refractivity contribution in [3.63, 3.8) is 0 Å². The van der Waals surface area contributed by atoms with Crippen LogP contribution >= 0.6 is 0 Å². The third-order valence-electron chi connectivity index (χ3n) is 4.13. The van der Waals surface area contributed by atoms with E-state index >= 15 is 0 Å². The number of unbranched alkanes of at least 4 members (excludes halogenated alkanes) is 13. The summed E-state index contributed by atoms with van der Waals surface area (Å²) in [6.45, 7) is 3.89. The van der Waals surface area contributed by atoms with E-state index < -0.39 is 0 Å². The molecule has 132 valence electrons. The normalized spacial score (nSPS) is 11.5. The Balaban J connectivity index is 2.95. The molecule has 0 atom stereocenters. The zero-order valence-corrected chi connectivity index (χ0v) is 15.0. The van der Waals surface area contributed by atoms with Crippen LogP contribution in [0.2, 0.25) is 0 Å². The van der Waals surface area contributed by atoms with Crippen LogP contribution in [0.3, 0.4) is 0 Å². The SMILES string of the molecule is CCCCCCCCCCCCCCCCOCC=CCO. The summed E-state index contributed by atoms with van der Waals surface area (Å²) in [4.78, 5) is 0. The molecular formula is C20H40O2. The molecule has 1 N–H and O–H groups in total. The maximum atomic E-state index is 8.56. The lowest BCUT2D eigenvalue weighted by Crippen LogP contribution is -1.94. The van der Waals surface area contributed by atoms with Gasteiger partial charge in [0.15, 0.2) is 0 Å². The van der Waals surface area contributed by atoms with E-state index in [0.29, 0.717) is 6.61 Å². The second kappa shape index (κ2) is 20.7. The van der Waals surface area contributed by atoms with Crippen LogP contribution in [0.15, 0.2) is 12.2 Å². The van der Waals surface area contributed by atoms with E-state index in [-0.39, 0.29) is 6.61 Å². The first-order valence-electron chi connectivity index (χ1n) is 9.75. The first-order valence-corrected chi connectivity index (χ1v) is 9.75. The van der Waals surface area contributed by atoms with Crippen molar-refractivity contribution >= 4 is 0 Å². The molecule has 0 aliphatic rings. The zero-order valence-electron chi connectivity index (χ0n) is 15.0. The third kappa shape index (κ3) is 19.7. The monoisotopic (exact) mass is 312 g/mol. The summed E-state index contributed by atoms with van der Waals surface area (Å²) in [6, 6.07) is 0. The van der Waals surface area contributed by atoms with Crippen molar-refractivity contribution in [2.24, 2.45) is 0 Å². The van der Waals surface area contributed by atoms with Crippen LogP contribution in [0, 0.1) is 0 Å². The van der Waals surface area contributed by atoms with Crippen LogP contribution in [0.5, 0.6) is 0 Å². The molecule has 22 heavy (non-hydrogen) atoms. The summed E-state index contributed by atoms with van der Waals surface area (Å²) in [7, 11) is 0. The average molecular weight is 313 g/mol. The van der Waals surface area contributed by atoms with E-state index in [1.807, 2.05) is 6.08 Å². The average Bonchev–Trinajstić information content (AvgIpc) is 2.54. The van der Waals surface area contributed by atoms with Crippen molar-refractivity contribution < 1.29 is 9.84 Å². The van der Waals surface area contributed by atoms with Gasteiger partial charge in [-0.05, 0) is 6.42 Å². The number of aliphatic hydroxyl groups is 1. The molecule has 0 aromatic rings. The number of aliphatic hydroxyl groups excluding tert-OH is 1. The molecule has 0 radical (unpaired) electrons. The molecule has 0 aliphatic heterocycles. The van der Waals surface area contributed by atoms with Crippen LogP contribution in [-0.4, -0.2) is 24.9 Å². The Morgan fingerprint density at radius 3 is 1.55 bits per heavy atom. The lowest BCUT2D eigenvalue weighted by molar-refractivity contribution is 0.156. The van der Waals surface area contributed by atoms with Crippen molar-refractivity contribution in [2.45, 2.75) is 96.8 Å². The molecule has 0 saturated carbocycles. The summed E-state index contributed by atoms with van der Waals surface area (Å²) in [5, 5.41) is 8.56. The van der Waals surface area contributed by atoms with E-state index in [9.17, 15) is 0 Å². The van der Waals surface area contributed by atoms with E-state index in [2.05, 4.69) is 6.92 Å². The largest absolute Gasteiger partial charge is 0.392 e. The van der Waals surface area contributed by atoms with Crippen molar-refractivity contribution in [1.82, 2.24) is 0 Å². The molecule has 0 amide bonds. The highest BCUT2D eigenvalue weighted by molar-refractivity contribution is 4.80. The quantitative estimate of drug-likeness (QED) is 0.247. The number of hydrogen-bond acceptors (Lipinski definition) is 2. The van der Waals surface area contributed by atoms with Crippen LogP contribution in [0.1, 0.15) is 96.8 Å². The van der Waals surface area contributed by atoms with Crippen LogP contribution in [0.25, 0.3) is 0 Å². The molecular weight excluding hydrogens is 272 g/mol. The van der Waals surface area contributed by atoms with Gasteiger partial charge in [0.25, 0.3) is 0 Å². The fourth-order valence-corrected chi connectivity index (χ4v) is 2.69. The fourth-order valence-electron chi connectivity index (χ4n) is 2.69. The van der Waals surface area contributed by atoms with E-state index in [0.717, 1.165) is 6.61 Å². The van der Waals surface area contributed by atoms with Gasteiger partial charge in [-0.2, -0.15) is 0 Å². The molecule has 0 fully saturated rings. The molecule has 0 rings (SSSR count). The summed E-state index contributed by atoms with van der Waals surface area (Å²) in [5.41, 5.74) is 0. The molecule has 0 saturated heterocycles. The Morgan fingerprint density at radius 1 is 0.636 bits per heavy atom. The van der Waals surface area contributed by atoms with Crippen LogP contribution in [-0.2, 0) is 4.74 Å². The zero-order chi connectivity index (χ0) is 16.1. The van der Waals surface area contributed by atoms with Gasteiger partial charge in [0.2, 0.25) is 0 Å². The first-order chi connectivity index (χ1) is 10.9. The van der Waals surface area contributed by atoms with Crippen molar-refractivity contribution in [3.05, 3.63) is 12.2 Å². The first kappa shape index (κ1) is 21.7. The minimum Gasteiger partial charge on any atom is -0.392 e. The van der Waals surface area contributed by atoms with Gasteiger partial charge in [-0.15, -0.1) is 0 Å². The van der Waals surface area contributed by atoms with Gasteiger partial charge in [-0.1, -0.05) is 103 Å². The van der Waals surface area contributed by atoms with Gasteiger partial charge >= 0.3 is 0 Å². The Kier molecular flexibility index (Phi) is 20.3. The van der Waals surface area contributed by atoms with E-state index in [1.165, 1.54) is 89.9 Å². The highest BCUT2D eigenvalue weighted by Crippen LogP contribution is 2.12. The van der Waals surface area contributed by atoms with Crippen molar-refractivity contribution in [1.29, 1.82) is 0 Å². The predicted molar refractivity (Wildman–Crippen MR) is 97.4 cm³/mol. The highest BCUT2D eigenvalue weighted by atomic mass is 16.5. The van der Waals surface area contributed by atoms with E-state index in [1.54, 1.807) is 6.08 Å². The summed E-state index contributed by atoms with van der Waals surface area (Å²) in [6.07, 6.45) is 23.1. The molecule has 0 aromatic carbocycles. The lowest BCUT2D eigenvalue weighted by Gasteiger charge is -2.03. The maximum Gasteiger partial charge on any atom is 0.0648 e. The lowest BCUT2D eigenvalue weighted by atomic mass is 10.0. The standard InChI is InChI=1S/C20H40O2/c1-2-3-4-5-6-7-8-9-10-11-12-13-14-16-19-22-20-17-15-18-21/h15,17,21H,2-14,16,18-20H2,1H3. The van der Waals surface area contributed by atoms with E-state index in [4.69, 9.17) is 9.84 Å². The highest BCUT2D eigenvalue weighted by Gasteiger charge is 1.94. The minimum absolute atomic E-state index is 0.113. The van der Waals surface area contributed by atoms with Crippen LogP contribution in [0.4, 0.5) is 0 Å². The molecule has 0 aliphatic carbocycles. The van der Waals surface area contributed by atoms with Gasteiger partial charge < -0.3 is 9.84 Å². The number of rotatable bonds is 18. The molecule has 0 bridgehead atoms. The minimum atomic E-state index is 0.113. The Morgan fingerprint density at radius 2 is 1.09 bits per heavy atom. The fraction of sp³-hybridized carbons (Fsp3) is 0.900. The number of hydrogen-bond donors (Lipinski definition) is 1. The summed E-state index contributed by atoms with van der Waals surface area (Å²) in [5.74, 6) is 0. The molecule has 0 spiro atoms. The van der Waals surface area contributed by atoms with Gasteiger partial charge in [0.1, 0.15) is 0 Å². The van der Waals surface area contributed by atoms with Crippen molar-refractivity contribution in [3.8, 4) is 0 Å². The Labute approximate surface area is 139 Å². The predicted octanol–water partition coefficient (Wildman–Crippen LogP) is 6.03. The second-order valence-corrected chi connectivity index (χ2v) is 6.33. The summed E-state index contributed by atoms with van der Waals surface area (Å²) >= 11 is 0.